The van der Waals surface area contributed by atoms with Crippen LogP contribution in [0.15, 0.2) is 47.2 Å². The van der Waals surface area contributed by atoms with Crippen LogP contribution in [0.3, 0.4) is 0 Å². The van der Waals surface area contributed by atoms with Gasteiger partial charge >= 0.3 is 0 Å². The molecule has 204 valence electrons. The van der Waals surface area contributed by atoms with Crippen LogP contribution in [-0.2, 0) is 20.8 Å². The third-order valence-electron chi connectivity index (χ3n) is 8.06. The normalized spacial score (nSPS) is 26.4. The van der Waals surface area contributed by atoms with Crippen molar-refractivity contribution in [3.8, 4) is 22.6 Å². The van der Waals surface area contributed by atoms with Gasteiger partial charge in [-0.2, -0.15) is 0 Å². The van der Waals surface area contributed by atoms with Crippen LogP contribution in [-0.4, -0.2) is 75.6 Å². The number of aliphatic hydroxyl groups excluding tert-OH is 2. The molecule has 11 heteroatoms. The number of halogens is 1. The number of carbonyl (C=O) groups excluding carboxylic acids is 3. The SMILES string of the molecule is COc1ccc(Cl)cc1-c1ccc(O)c2c1CC1CC3C(N(C)C)C(=O)C(C(N)=O)=C(O)C3(O)C(=O)C1=C2O. The average molecular weight is 555 g/mol. The van der Waals surface area contributed by atoms with Gasteiger partial charge in [-0.3, -0.25) is 19.3 Å². The molecule has 0 aromatic heterocycles. The van der Waals surface area contributed by atoms with Gasteiger partial charge in [0.15, 0.2) is 11.4 Å². The van der Waals surface area contributed by atoms with E-state index in [4.69, 9.17) is 22.1 Å². The first-order valence-corrected chi connectivity index (χ1v) is 12.6. The van der Waals surface area contributed by atoms with Crippen LogP contribution in [0.4, 0.5) is 0 Å². The van der Waals surface area contributed by atoms with Crippen LogP contribution in [0.2, 0.25) is 5.02 Å². The number of ketones is 2. The Balaban J connectivity index is 1.76. The lowest BCUT2D eigenvalue weighted by Crippen LogP contribution is -2.65. The number of aliphatic hydroxyl groups is 3. The predicted octanol–water partition coefficient (Wildman–Crippen LogP) is 2.29. The van der Waals surface area contributed by atoms with E-state index in [9.17, 15) is 34.8 Å². The maximum atomic E-state index is 13.9. The number of fused-ring (bicyclic) bond motifs is 3. The van der Waals surface area contributed by atoms with E-state index in [0.717, 1.165) is 0 Å². The molecular weight excluding hydrogens is 528 g/mol. The van der Waals surface area contributed by atoms with E-state index in [1.165, 1.54) is 18.1 Å². The summed E-state index contributed by atoms with van der Waals surface area (Å²) >= 11 is 6.26. The van der Waals surface area contributed by atoms with E-state index in [1.54, 1.807) is 38.4 Å². The molecule has 3 aliphatic rings. The number of phenolic OH excluding ortho intramolecular Hbond substituents is 1. The maximum absolute atomic E-state index is 13.9. The minimum Gasteiger partial charge on any atom is -0.508 e. The molecular formula is C28H27ClN2O8. The maximum Gasteiger partial charge on any atom is 0.255 e. The number of methoxy groups -OCH3 is 1. The number of hydrogen-bond donors (Lipinski definition) is 5. The van der Waals surface area contributed by atoms with Crippen molar-refractivity contribution in [2.45, 2.75) is 24.5 Å². The fraction of sp³-hybridized carbons (Fsp3) is 0.321. The van der Waals surface area contributed by atoms with Gasteiger partial charge in [0, 0.05) is 22.1 Å². The first kappa shape index (κ1) is 26.7. The molecule has 4 atom stereocenters. The third kappa shape index (κ3) is 3.66. The number of ether oxygens (including phenoxy) is 1. The van der Waals surface area contributed by atoms with Gasteiger partial charge in [-0.05, 0) is 68.2 Å². The molecule has 0 spiro atoms. The lowest BCUT2D eigenvalue weighted by molar-refractivity contribution is -0.153. The van der Waals surface area contributed by atoms with E-state index in [-0.39, 0.29) is 29.7 Å². The van der Waals surface area contributed by atoms with Gasteiger partial charge in [0.25, 0.3) is 5.91 Å². The predicted molar refractivity (Wildman–Crippen MR) is 141 cm³/mol. The molecule has 5 rings (SSSR count). The lowest BCUT2D eigenvalue weighted by Gasteiger charge is -2.50. The van der Waals surface area contributed by atoms with Crippen LogP contribution in [0, 0.1) is 11.8 Å². The number of phenols is 1. The molecule has 4 unspecified atom stereocenters. The summed E-state index contributed by atoms with van der Waals surface area (Å²) in [6.07, 6.45) is 0.140. The zero-order chi connectivity index (χ0) is 28.5. The third-order valence-corrected chi connectivity index (χ3v) is 8.29. The molecule has 10 nitrogen and oxygen atoms in total. The molecule has 3 aliphatic carbocycles. The van der Waals surface area contributed by atoms with Gasteiger partial charge in [0.1, 0.15) is 28.6 Å². The Labute approximate surface area is 228 Å². The number of hydrogen-bond acceptors (Lipinski definition) is 9. The second kappa shape index (κ2) is 9.11. The largest absolute Gasteiger partial charge is 0.508 e. The van der Waals surface area contributed by atoms with Crippen LogP contribution in [0.25, 0.3) is 16.9 Å². The smallest absolute Gasteiger partial charge is 0.255 e. The Bertz CT molecular complexity index is 1530. The van der Waals surface area contributed by atoms with Crippen molar-refractivity contribution in [2.24, 2.45) is 17.6 Å². The molecule has 0 radical (unpaired) electrons. The monoisotopic (exact) mass is 554 g/mol. The summed E-state index contributed by atoms with van der Waals surface area (Å²) in [4.78, 5) is 40.7. The highest BCUT2D eigenvalue weighted by atomic mass is 35.5. The quantitative estimate of drug-likeness (QED) is 0.356. The summed E-state index contributed by atoms with van der Waals surface area (Å²) < 4.78 is 5.51. The highest BCUT2D eigenvalue weighted by molar-refractivity contribution is 6.31. The number of nitrogens with zero attached hydrogens (tertiary/aromatic N) is 1. The molecule has 0 aliphatic heterocycles. The highest BCUT2D eigenvalue weighted by Gasteiger charge is 2.64. The van der Waals surface area contributed by atoms with Crippen LogP contribution in [0.1, 0.15) is 17.5 Å². The highest BCUT2D eigenvalue weighted by Crippen LogP contribution is 2.54. The van der Waals surface area contributed by atoms with E-state index < -0.39 is 58.0 Å². The molecule has 0 saturated heterocycles. The molecule has 2 aromatic rings. The van der Waals surface area contributed by atoms with Gasteiger partial charge in [-0.1, -0.05) is 17.7 Å². The average Bonchev–Trinajstić information content (AvgIpc) is 2.86. The van der Waals surface area contributed by atoms with Gasteiger partial charge in [0.2, 0.25) is 5.78 Å². The molecule has 1 amide bonds. The van der Waals surface area contributed by atoms with E-state index in [2.05, 4.69) is 0 Å². The van der Waals surface area contributed by atoms with E-state index >= 15 is 0 Å². The molecule has 0 heterocycles. The van der Waals surface area contributed by atoms with Crippen molar-refractivity contribution >= 4 is 34.8 Å². The second-order valence-electron chi connectivity index (χ2n) is 10.3. The lowest BCUT2D eigenvalue weighted by atomic mass is 9.57. The molecule has 2 aromatic carbocycles. The second-order valence-corrected chi connectivity index (χ2v) is 10.7. The van der Waals surface area contributed by atoms with Crippen molar-refractivity contribution in [1.82, 2.24) is 4.90 Å². The summed E-state index contributed by atoms with van der Waals surface area (Å²) in [5.74, 6) is -6.49. The van der Waals surface area contributed by atoms with Gasteiger partial charge < -0.3 is 30.9 Å². The van der Waals surface area contributed by atoms with Crippen molar-refractivity contribution < 1.29 is 39.5 Å². The van der Waals surface area contributed by atoms with Gasteiger partial charge in [-0.25, -0.2) is 0 Å². The van der Waals surface area contributed by atoms with Crippen molar-refractivity contribution in [2.75, 3.05) is 21.2 Å². The summed E-state index contributed by atoms with van der Waals surface area (Å²) in [7, 11) is 4.60. The number of Topliss-reactive ketones (excluding diaryl/α,β-unsaturated/α-hetero) is 2. The number of carbonyl (C=O) groups is 3. The minimum atomic E-state index is -2.69. The van der Waals surface area contributed by atoms with Crippen LogP contribution >= 0.6 is 11.6 Å². The zero-order valence-corrected chi connectivity index (χ0v) is 22.1. The molecule has 1 fully saturated rings. The summed E-state index contributed by atoms with van der Waals surface area (Å²) in [6, 6.07) is 6.90. The Morgan fingerprint density at radius 2 is 1.82 bits per heavy atom. The Hall–Kier alpha value is -3.86. The molecule has 6 N–H and O–H groups in total. The van der Waals surface area contributed by atoms with Crippen molar-refractivity contribution in [1.29, 1.82) is 0 Å². The first-order valence-electron chi connectivity index (χ1n) is 12.2. The minimum absolute atomic E-state index is 0.00641. The standard InChI is InChI=1S/C28H27ClN2O8/c1-31(2)22-16-9-11-8-15-13(14-10-12(29)4-7-18(14)39-3)5-6-17(32)20(15)23(33)19(11)25(35)28(16,38)26(36)21(24(22)34)27(30)37/h4-7,10-11,16,22,32-33,36,38H,8-9H2,1-3H3,(H2,30,37). The number of benzene rings is 2. The van der Waals surface area contributed by atoms with Gasteiger partial charge in [-0.15, -0.1) is 0 Å². The number of likely N-dealkylation sites (N-methyl/N-ethyl adjacent to an activating group) is 1. The topological polar surface area (TPSA) is 171 Å². The first-order chi connectivity index (χ1) is 18.3. The summed E-state index contributed by atoms with van der Waals surface area (Å²) in [5, 5.41) is 45.3. The summed E-state index contributed by atoms with van der Waals surface area (Å²) in [6.45, 7) is 0. The Morgan fingerprint density at radius 3 is 2.44 bits per heavy atom. The number of nitrogens with two attached hydrogens (primary N) is 1. The number of aromatic hydroxyl groups is 1. The molecule has 1 saturated carbocycles. The van der Waals surface area contributed by atoms with E-state index in [0.29, 0.717) is 27.5 Å². The van der Waals surface area contributed by atoms with Crippen LogP contribution in [0.5, 0.6) is 11.5 Å². The molecule has 0 bridgehead atoms. The van der Waals surface area contributed by atoms with E-state index in [1.807, 2.05) is 0 Å². The van der Waals surface area contributed by atoms with Gasteiger partial charge in [0.05, 0.1) is 18.7 Å². The number of rotatable bonds is 4. The van der Waals surface area contributed by atoms with Crippen molar-refractivity contribution in [3.05, 3.63) is 63.4 Å². The fourth-order valence-electron chi connectivity index (χ4n) is 6.39. The van der Waals surface area contributed by atoms with Crippen LogP contribution < -0.4 is 10.5 Å². The van der Waals surface area contributed by atoms with Crippen molar-refractivity contribution in [3.63, 3.8) is 0 Å². The number of primary amides is 1. The summed E-state index contributed by atoms with van der Waals surface area (Å²) in [5.41, 5.74) is 3.30. The Kier molecular flexibility index (Phi) is 6.25. The molecule has 39 heavy (non-hydrogen) atoms. The fourth-order valence-corrected chi connectivity index (χ4v) is 6.56. The zero-order valence-electron chi connectivity index (χ0n) is 21.4. The number of amides is 1. The Morgan fingerprint density at radius 1 is 1.13 bits per heavy atom.